The van der Waals surface area contributed by atoms with Crippen LogP contribution in [0.5, 0.6) is 17.2 Å². The molecule has 2 aromatic rings. The minimum Gasteiger partial charge on any atom is -0.494 e. The molecule has 2 atom stereocenters. The number of methoxy groups -OCH3 is 1. The van der Waals surface area contributed by atoms with Crippen LogP contribution in [0.4, 0.5) is 0 Å². The van der Waals surface area contributed by atoms with Gasteiger partial charge < -0.3 is 29.4 Å². The molecule has 2 N–H and O–H groups in total. The van der Waals surface area contributed by atoms with Crippen LogP contribution in [0.1, 0.15) is 65.3 Å². The molecule has 0 radical (unpaired) electrons. The minimum atomic E-state index is -0.407. The first kappa shape index (κ1) is 27.9. The van der Waals surface area contributed by atoms with Crippen LogP contribution in [-0.4, -0.2) is 55.7 Å². The fourth-order valence-electron chi connectivity index (χ4n) is 4.79. The molecular formula is C27H38ClN3O5. The van der Waals surface area contributed by atoms with Gasteiger partial charge >= 0.3 is 0 Å². The summed E-state index contributed by atoms with van der Waals surface area (Å²) in [5.74, 6) is 0.672. The maximum Gasteiger partial charge on any atom is 0.255 e. The Morgan fingerprint density at radius 1 is 1.31 bits per heavy atom. The van der Waals surface area contributed by atoms with Gasteiger partial charge in [-0.05, 0) is 72.2 Å². The first-order valence-corrected chi connectivity index (χ1v) is 12.8. The van der Waals surface area contributed by atoms with Crippen LogP contribution in [-0.2, 0) is 6.54 Å². The number of amides is 1. The number of rotatable bonds is 10. The summed E-state index contributed by atoms with van der Waals surface area (Å²) in [6.07, 6.45) is 3.87. The summed E-state index contributed by atoms with van der Waals surface area (Å²) >= 11 is 6.61. The molecule has 3 rings (SSSR count). The number of nitrogens with one attached hydrogen (secondary N) is 2. The number of carbonyl (C=O) groups excluding carboxylic acids is 1. The van der Waals surface area contributed by atoms with E-state index in [-0.39, 0.29) is 34.5 Å². The third-order valence-corrected chi connectivity index (χ3v) is 7.20. The van der Waals surface area contributed by atoms with Crippen LogP contribution in [0.15, 0.2) is 10.9 Å². The maximum atomic E-state index is 13.3. The third-order valence-electron chi connectivity index (χ3n) is 6.86. The van der Waals surface area contributed by atoms with Gasteiger partial charge in [0.05, 0.1) is 12.7 Å². The van der Waals surface area contributed by atoms with Crippen molar-refractivity contribution in [1.82, 2.24) is 15.2 Å². The first-order chi connectivity index (χ1) is 17.1. The summed E-state index contributed by atoms with van der Waals surface area (Å²) in [5.41, 5.74) is 2.71. The molecule has 1 aromatic carbocycles. The Morgan fingerprint density at radius 3 is 2.64 bits per heavy atom. The van der Waals surface area contributed by atoms with Crippen LogP contribution in [0.3, 0.4) is 0 Å². The topological polar surface area (TPSA) is 92.9 Å². The number of fused-ring (bicyclic) bond motifs is 1. The van der Waals surface area contributed by atoms with Gasteiger partial charge in [0.2, 0.25) is 0 Å². The van der Waals surface area contributed by atoms with E-state index in [1.807, 2.05) is 19.9 Å². The number of hydrogen-bond donors (Lipinski definition) is 2. The molecule has 1 aliphatic rings. The van der Waals surface area contributed by atoms with Crippen LogP contribution in [0.2, 0.25) is 5.02 Å². The maximum absolute atomic E-state index is 13.3. The van der Waals surface area contributed by atoms with Crippen molar-refractivity contribution in [3.05, 3.63) is 49.4 Å². The van der Waals surface area contributed by atoms with Crippen molar-refractivity contribution < 1.29 is 19.0 Å². The van der Waals surface area contributed by atoms with E-state index in [2.05, 4.69) is 36.2 Å². The highest BCUT2D eigenvalue weighted by Crippen LogP contribution is 2.49. The zero-order valence-corrected chi connectivity index (χ0v) is 23.1. The average Bonchev–Trinajstić information content (AvgIpc) is 2.82. The molecule has 0 aliphatic carbocycles. The molecule has 0 fully saturated rings. The van der Waals surface area contributed by atoms with E-state index >= 15 is 0 Å². The third kappa shape index (κ3) is 5.98. The normalized spacial score (nSPS) is 15.6. The quantitative estimate of drug-likeness (QED) is 0.478. The number of carbonyl (C=O) groups is 1. The number of hydrogen-bond acceptors (Lipinski definition) is 6. The number of pyridine rings is 1. The van der Waals surface area contributed by atoms with E-state index in [1.165, 1.54) is 7.11 Å². The number of ether oxygens (including phenoxy) is 3. The number of benzene rings is 1. The second-order valence-corrected chi connectivity index (χ2v) is 10.0. The number of aromatic nitrogens is 1. The van der Waals surface area contributed by atoms with Crippen molar-refractivity contribution in [3.63, 3.8) is 0 Å². The molecule has 2 heterocycles. The molecule has 0 spiro atoms. The first-order valence-electron chi connectivity index (χ1n) is 12.4. The van der Waals surface area contributed by atoms with Gasteiger partial charge in [-0.25, -0.2) is 0 Å². The lowest BCUT2D eigenvalue weighted by molar-refractivity contribution is 0.0791. The fraction of sp³-hybridized carbons (Fsp3) is 0.556. The van der Waals surface area contributed by atoms with E-state index in [9.17, 15) is 9.59 Å². The Hall–Kier alpha value is -2.71. The van der Waals surface area contributed by atoms with E-state index in [0.29, 0.717) is 35.3 Å². The smallest absolute Gasteiger partial charge is 0.255 e. The lowest BCUT2D eigenvalue weighted by Crippen LogP contribution is -2.32. The molecule has 1 aromatic heterocycles. The Bertz CT molecular complexity index is 1160. The van der Waals surface area contributed by atoms with Gasteiger partial charge in [-0.2, -0.15) is 0 Å². The second kappa shape index (κ2) is 12.0. The predicted molar refractivity (Wildman–Crippen MR) is 142 cm³/mol. The van der Waals surface area contributed by atoms with Gasteiger partial charge in [0.15, 0.2) is 17.2 Å². The minimum absolute atomic E-state index is 0.0715. The molecular weight excluding hydrogens is 482 g/mol. The van der Waals surface area contributed by atoms with Gasteiger partial charge in [-0.15, -0.1) is 0 Å². The number of aryl methyl sites for hydroxylation is 2. The molecule has 9 heteroatoms. The largest absolute Gasteiger partial charge is 0.494 e. The van der Waals surface area contributed by atoms with Crippen molar-refractivity contribution in [3.8, 4) is 17.2 Å². The van der Waals surface area contributed by atoms with Crippen molar-refractivity contribution in [2.75, 3.05) is 27.8 Å². The summed E-state index contributed by atoms with van der Waals surface area (Å²) in [5, 5.41) is 3.04. The SMILES string of the molecule is CCC(CCCC1COc2c(Cl)c(OC)c(C(=O)NCc3c(C)cc(C)[nH]c3=O)c(C)c2O1)N(C)C. The second-order valence-electron chi connectivity index (χ2n) is 9.64. The number of nitrogens with zero attached hydrogens (tertiary/aromatic N) is 1. The predicted octanol–water partition coefficient (Wildman–Crippen LogP) is 4.54. The number of aromatic amines is 1. The molecule has 1 aliphatic heterocycles. The number of H-pyrrole nitrogens is 1. The van der Waals surface area contributed by atoms with Gasteiger partial charge in [-0.3, -0.25) is 9.59 Å². The van der Waals surface area contributed by atoms with Gasteiger partial charge in [0.1, 0.15) is 17.7 Å². The van der Waals surface area contributed by atoms with E-state index < -0.39 is 5.91 Å². The molecule has 8 nitrogen and oxygen atoms in total. The van der Waals surface area contributed by atoms with Crippen LogP contribution >= 0.6 is 11.6 Å². The van der Waals surface area contributed by atoms with Crippen molar-refractivity contribution >= 4 is 17.5 Å². The summed E-state index contributed by atoms with van der Waals surface area (Å²) in [7, 11) is 5.67. The van der Waals surface area contributed by atoms with Gasteiger partial charge in [0, 0.05) is 29.4 Å². The lowest BCUT2D eigenvalue weighted by atomic mass is 10.0. The average molecular weight is 520 g/mol. The molecule has 0 saturated heterocycles. The number of halogens is 1. The van der Waals surface area contributed by atoms with E-state index in [0.717, 1.165) is 36.9 Å². The fourth-order valence-corrected chi connectivity index (χ4v) is 5.10. The van der Waals surface area contributed by atoms with Crippen LogP contribution < -0.4 is 25.1 Å². The van der Waals surface area contributed by atoms with Crippen LogP contribution in [0, 0.1) is 20.8 Å². The highest BCUT2D eigenvalue weighted by Gasteiger charge is 2.32. The molecule has 2 unspecified atom stereocenters. The highest BCUT2D eigenvalue weighted by atomic mass is 35.5. The van der Waals surface area contributed by atoms with E-state index in [1.54, 1.807) is 6.92 Å². The highest BCUT2D eigenvalue weighted by molar-refractivity contribution is 6.34. The van der Waals surface area contributed by atoms with Crippen LogP contribution in [0.25, 0.3) is 0 Å². The van der Waals surface area contributed by atoms with Crippen molar-refractivity contribution in [2.24, 2.45) is 0 Å². The molecule has 0 saturated carbocycles. The molecule has 198 valence electrons. The Morgan fingerprint density at radius 2 is 2.03 bits per heavy atom. The summed E-state index contributed by atoms with van der Waals surface area (Å²) < 4.78 is 17.8. The summed E-state index contributed by atoms with van der Waals surface area (Å²) in [4.78, 5) is 30.7. The van der Waals surface area contributed by atoms with Gasteiger partial charge in [-0.1, -0.05) is 18.5 Å². The van der Waals surface area contributed by atoms with E-state index in [4.69, 9.17) is 25.8 Å². The Labute approximate surface area is 218 Å². The molecule has 0 bridgehead atoms. The summed E-state index contributed by atoms with van der Waals surface area (Å²) in [6.45, 7) is 8.11. The zero-order valence-electron chi connectivity index (χ0n) is 22.3. The van der Waals surface area contributed by atoms with Crippen molar-refractivity contribution in [2.45, 2.75) is 72.1 Å². The lowest BCUT2D eigenvalue weighted by Gasteiger charge is -2.31. The monoisotopic (exact) mass is 519 g/mol. The summed E-state index contributed by atoms with van der Waals surface area (Å²) in [6, 6.07) is 2.40. The Kier molecular flexibility index (Phi) is 9.30. The van der Waals surface area contributed by atoms with Crippen molar-refractivity contribution in [1.29, 1.82) is 0 Å². The molecule has 36 heavy (non-hydrogen) atoms. The Balaban J connectivity index is 1.81. The zero-order chi connectivity index (χ0) is 26.6. The molecule has 1 amide bonds. The standard InChI is InChI=1S/C27H38ClN3O5/c1-8-18(31(5)6)10-9-11-19-14-35-25-22(28)24(34-7)21(17(4)23(25)36-19)27(33)29-13-20-15(2)12-16(3)30-26(20)32/h12,18-19H,8-11,13-14H2,1-7H3,(H,29,33)(H,30,32). The van der Waals surface area contributed by atoms with Gasteiger partial charge in [0.25, 0.3) is 11.5 Å².